The zero-order chi connectivity index (χ0) is 17.9. The SMILES string of the molecule is C#Cc1c(N2CCC3(CC2)CC3)c2cc(N3CC(N)C3)ccc2[nH]c1=O. The molecule has 0 radical (unpaired) electrons. The molecule has 3 heterocycles. The number of piperidine rings is 1. The van der Waals surface area contributed by atoms with Crippen molar-refractivity contribution in [1.82, 2.24) is 4.98 Å². The first-order valence-corrected chi connectivity index (χ1v) is 9.51. The minimum absolute atomic E-state index is 0.166. The molecule has 0 unspecified atom stereocenters. The van der Waals surface area contributed by atoms with Gasteiger partial charge in [-0.1, -0.05) is 5.92 Å². The Morgan fingerprint density at radius 3 is 2.50 bits per heavy atom. The van der Waals surface area contributed by atoms with Gasteiger partial charge in [0.05, 0.1) is 11.2 Å². The van der Waals surface area contributed by atoms with Crippen molar-refractivity contribution in [3.05, 3.63) is 34.1 Å². The summed E-state index contributed by atoms with van der Waals surface area (Å²) in [6.45, 7) is 3.70. The fraction of sp³-hybridized carbons (Fsp3) is 0.476. The van der Waals surface area contributed by atoms with E-state index in [0.29, 0.717) is 11.0 Å². The number of hydrogen-bond acceptors (Lipinski definition) is 4. The first-order chi connectivity index (χ1) is 12.6. The highest BCUT2D eigenvalue weighted by atomic mass is 16.1. The number of nitrogens with two attached hydrogens (primary N) is 1. The molecular formula is C21H24N4O. The molecule has 1 saturated carbocycles. The van der Waals surface area contributed by atoms with Gasteiger partial charge in [0.15, 0.2) is 0 Å². The number of benzene rings is 1. The molecule has 134 valence electrons. The van der Waals surface area contributed by atoms with Crippen LogP contribution in [0.4, 0.5) is 11.4 Å². The molecule has 5 rings (SSSR count). The lowest BCUT2D eigenvalue weighted by atomic mass is 9.92. The van der Waals surface area contributed by atoms with Gasteiger partial charge in [-0.15, -0.1) is 6.42 Å². The standard InChI is InChI=1S/C21H24N4O/c1-2-16-19(24-9-7-21(5-6-21)8-10-24)17-11-15(25-12-14(22)13-25)3-4-18(17)23-20(16)26/h1,3-4,11,14H,5-10,12-13,22H2,(H,23,26). The van der Waals surface area contributed by atoms with Crippen LogP contribution in [0, 0.1) is 17.8 Å². The van der Waals surface area contributed by atoms with Crippen LogP contribution < -0.4 is 21.1 Å². The molecule has 3 aliphatic rings. The zero-order valence-electron chi connectivity index (χ0n) is 14.9. The molecule has 1 spiro atoms. The molecule has 0 atom stereocenters. The highest BCUT2D eigenvalue weighted by Gasteiger charge is 2.44. The predicted octanol–water partition coefficient (Wildman–Crippen LogP) is 2.04. The van der Waals surface area contributed by atoms with Gasteiger partial charge in [0, 0.05) is 43.3 Å². The maximum Gasteiger partial charge on any atom is 0.266 e. The van der Waals surface area contributed by atoms with Crippen molar-refractivity contribution in [2.75, 3.05) is 36.0 Å². The van der Waals surface area contributed by atoms with Crippen LogP contribution in [0.5, 0.6) is 0 Å². The van der Waals surface area contributed by atoms with Gasteiger partial charge in [0.25, 0.3) is 5.56 Å². The van der Waals surface area contributed by atoms with E-state index in [1.54, 1.807) is 0 Å². The van der Waals surface area contributed by atoms with Crippen molar-refractivity contribution in [3.63, 3.8) is 0 Å². The second-order valence-corrected chi connectivity index (χ2v) is 8.20. The maximum atomic E-state index is 12.5. The number of nitrogens with one attached hydrogen (secondary N) is 1. The Morgan fingerprint density at radius 2 is 1.88 bits per heavy atom. The van der Waals surface area contributed by atoms with Crippen LogP contribution in [0.1, 0.15) is 31.2 Å². The van der Waals surface area contributed by atoms with Crippen LogP contribution in [0.2, 0.25) is 0 Å². The van der Waals surface area contributed by atoms with E-state index in [1.165, 1.54) is 25.7 Å². The van der Waals surface area contributed by atoms with Crippen LogP contribution in [-0.2, 0) is 0 Å². The van der Waals surface area contributed by atoms with E-state index in [1.807, 2.05) is 6.07 Å². The quantitative estimate of drug-likeness (QED) is 0.815. The molecule has 2 aliphatic heterocycles. The Labute approximate surface area is 153 Å². The van der Waals surface area contributed by atoms with Crippen molar-refractivity contribution in [2.24, 2.45) is 11.1 Å². The molecule has 1 aromatic carbocycles. The third-order valence-electron chi connectivity index (χ3n) is 6.49. The van der Waals surface area contributed by atoms with Gasteiger partial charge < -0.3 is 20.5 Å². The minimum atomic E-state index is -0.166. The topological polar surface area (TPSA) is 65.4 Å². The molecule has 5 heteroatoms. The van der Waals surface area contributed by atoms with Gasteiger partial charge in [-0.25, -0.2) is 0 Å². The zero-order valence-corrected chi connectivity index (χ0v) is 14.9. The lowest BCUT2D eigenvalue weighted by Crippen LogP contribution is -2.55. The third kappa shape index (κ3) is 2.40. The summed E-state index contributed by atoms with van der Waals surface area (Å²) in [7, 11) is 0. The summed E-state index contributed by atoms with van der Waals surface area (Å²) < 4.78 is 0. The fourth-order valence-corrected chi connectivity index (χ4v) is 4.53. The Kier molecular flexibility index (Phi) is 3.35. The number of anilines is 2. The van der Waals surface area contributed by atoms with Gasteiger partial charge in [-0.05, 0) is 49.3 Å². The molecular weight excluding hydrogens is 324 g/mol. The molecule has 2 aromatic rings. The first kappa shape index (κ1) is 15.8. The van der Waals surface area contributed by atoms with E-state index in [4.69, 9.17) is 12.2 Å². The number of terminal acetylenes is 1. The molecule has 5 nitrogen and oxygen atoms in total. The number of fused-ring (bicyclic) bond motifs is 1. The van der Waals surface area contributed by atoms with Crippen LogP contribution in [-0.4, -0.2) is 37.2 Å². The Morgan fingerprint density at radius 1 is 1.15 bits per heavy atom. The van der Waals surface area contributed by atoms with Gasteiger partial charge in [-0.3, -0.25) is 4.79 Å². The number of pyridine rings is 1. The van der Waals surface area contributed by atoms with E-state index < -0.39 is 0 Å². The molecule has 1 aromatic heterocycles. The average Bonchev–Trinajstić information content (AvgIpc) is 3.37. The molecule has 1 aliphatic carbocycles. The van der Waals surface area contributed by atoms with Crippen molar-refractivity contribution >= 4 is 22.3 Å². The molecule has 26 heavy (non-hydrogen) atoms. The van der Waals surface area contributed by atoms with Crippen molar-refractivity contribution < 1.29 is 0 Å². The van der Waals surface area contributed by atoms with E-state index in [9.17, 15) is 4.79 Å². The summed E-state index contributed by atoms with van der Waals surface area (Å²) >= 11 is 0. The Balaban J connectivity index is 1.62. The Hall–Kier alpha value is -2.45. The fourth-order valence-electron chi connectivity index (χ4n) is 4.53. The number of hydrogen-bond donors (Lipinski definition) is 2. The van der Waals surface area contributed by atoms with Gasteiger partial charge >= 0.3 is 0 Å². The summed E-state index contributed by atoms with van der Waals surface area (Å²) in [6.07, 6.45) is 10.9. The second kappa shape index (κ2) is 5.52. The lowest BCUT2D eigenvalue weighted by Gasteiger charge is -2.39. The average molecular weight is 348 g/mol. The van der Waals surface area contributed by atoms with Gasteiger partial charge in [0.1, 0.15) is 5.56 Å². The summed E-state index contributed by atoms with van der Waals surface area (Å²) in [5.41, 5.74) is 9.75. The van der Waals surface area contributed by atoms with Crippen LogP contribution in [0.25, 0.3) is 10.9 Å². The Bertz CT molecular complexity index is 966. The van der Waals surface area contributed by atoms with Crippen molar-refractivity contribution in [2.45, 2.75) is 31.7 Å². The smallest absolute Gasteiger partial charge is 0.266 e. The molecule has 3 N–H and O–H groups in total. The van der Waals surface area contributed by atoms with Crippen LogP contribution in [0.15, 0.2) is 23.0 Å². The van der Waals surface area contributed by atoms with E-state index in [0.717, 1.165) is 48.5 Å². The highest BCUT2D eigenvalue weighted by Crippen LogP contribution is 2.54. The molecule has 0 bridgehead atoms. The molecule has 2 saturated heterocycles. The normalized spacial score (nSPS) is 21.7. The van der Waals surface area contributed by atoms with Gasteiger partial charge in [0.2, 0.25) is 0 Å². The number of rotatable bonds is 2. The lowest BCUT2D eigenvalue weighted by molar-refractivity contribution is 0.385. The summed E-state index contributed by atoms with van der Waals surface area (Å²) in [5.74, 6) is 2.65. The van der Waals surface area contributed by atoms with Crippen LogP contribution in [0.3, 0.4) is 0 Å². The van der Waals surface area contributed by atoms with E-state index in [2.05, 4.69) is 32.8 Å². The molecule has 3 fully saturated rings. The number of nitrogens with zero attached hydrogens (tertiary/aromatic N) is 2. The largest absolute Gasteiger partial charge is 0.370 e. The number of H-pyrrole nitrogens is 1. The predicted molar refractivity (Wildman–Crippen MR) is 106 cm³/mol. The second-order valence-electron chi connectivity index (χ2n) is 8.20. The summed E-state index contributed by atoms with van der Waals surface area (Å²) in [4.78, 5) is 20.1. The molecule has 0 amide bonds. The summed E-state index contributed by atoms with van der Waals surface area (Å²) in [6, 6.07) is 6.46. The highest BCUT2D eigenvalue weighted by molar-refractivity contribution is 5.96. The van der Waals surface area contributed by atoms with Crippen molar-refractivity contribution in [1.29, 1.82) is 0 Å². The summed E-state index contributed by atoms with van der Waals surface area (Å²) in [5, 5.41) is 1.04. The van der Waals surface area contributed by atoms with E-state index >= 15 is 0 Å². The monoisotopic (exact) mass is 348 g/mol. The third-order valence-corrected chi connectivity index (χ3v) is 6.49. The van der Waals surface area contributed by atoms with Crippen molar-refractivity contribution in [3.8, 4) is 12.3 Å². The minimum Gasteiger partial charge on any atom is -0.370 e. The maximum absolute atomic E-state index is 12.5. The van der Waals surface area contributed by atoms with Crippen LogP contribution >= 0.6 is 0 Å². The first-order valence-electron chi connectivity index (χ1n) is 9.51. The number of aromatic amines is 1. The van der Waals surface area contributed by atoms with Gasteiger partial charge in [-0.2, -0.15) is 0 Å². The van der Waals surface area contributed by atoms with E-state index in [-0.39, 0.29) is 11.6 Å². The number of aromatic nitrogens is 1.